The molecule has 4 rings (SSSR count). The third-order valence-corrected chi connectivity index (χ3v) is 6.27. The van der Waals surface area contributed by atoms with Gasteiger partial charge in [-0.3, -0.25) is 4.79 Å². The highest BCUT2D eigenvalue weighted by molar-refractivity contribution is 14.1. The van der Waals surface area contributed by atoms with Crippen LogP contribution in [0.25, 0.3) is 16.9 Å². The molecule has 4 aromatic rings. The van der Waals surface area contributed by atoms with Crippen LogP contribution in [0.4, 0.5) is 0 Å². The van der Waals surface area contributed by atoms with Crippen LogP contribution in [0.1, 0.15) is 21.6 Å². The molecule has 0 bridgehead atoms. The fraction of sp³-hybridized carbons (Fsp3) is 0.103. The number of benzene rings is 3. The molecule has 1 heterocycles. The fourth-order valence-electron chi connectivity index (χ4n) is 3.78. The van der Waals surface area contributed by atoms with E-state index in [2.05, 4.69) is 74.8 Å². The van der Waals surface area contributed by atoms with Crippen LogP contribution < -0.4 is 14.9 Å². The number of carbonyl (C=O) groups is 1. The van der Waals surface area contributed by atoms with Gasteiger partial charge in [0.05, 0.1) is 22.6 Å². The Kier molecular flexibility index (Phi) is 8.08. The molecule has 0 unspecified atom stereocenters. The lowest BCUT2D eigenvalue weighted by atomic mass is 10.1. The number of halogens is 1. The van der Waals surface area contributed by atoms with Crippen LogP contribution in [0.3, 0.4) is 0 Å². The highest BCUT2D eigenvalue weighted by Crippen LogP contribution is 2.33. The van der Waals surface area contributed by atoms with E-state index in [4.69, 9.17) is 15.9 Å². The minimum atomic E-state index is -0.305. The smallest absolute Gasteiger partial charge is 0.271 e. The first-order valence-corrected chi connectivity index (χ1v) is 12.2. The van der Waals surface area contributed by atoms with Crippen molar-refractivity contribution in [2.24, 2.45) is 5.10 Å². The zero-order valence-electron chi connectivity index (χ0n) is 19.9. The van der Waals surface area contributed by atoms with Crippen LogP contribution in [0.2, 0.25) is 0 Å². The first kappa shape index (κ1) is 25.1. The lowest BCUT2D eigenvalue weighted by Crippen LogP contribution is -2.17. The molecule has 180 valence electrons. The lowest BCUT2D eigenvalue weighted by Gasteiger charge is -2.13. The summed E-state index contributed by atoms with van der Waals surface area (Å²) in [6.07, 6.45) is 6.83. The van der Waals surface area contributed by atoms with Crippen LogP contribution in [-0.2, 0) is 0 Å². The van der Waals surface area contributed by atoms with E-state index in [0.29, 0.717) is 17.1 Å². The number of aryl methyl sites for hydroxylation is 1. The molecular weight excluding hydrogens is 565 g/mol. The molecule has 0 radical (unpaired) electrons. The number of nitrogens with one attached hydrogen (secondary N) is 1. The van der Waals surface area contributed by atoms with Crippen LogP contribution in [0, 0.1) is 22.8 Å². The van der Waals surface area contributed by atoms with E-state index >= 15 is 0 Å². The van der Waals surface area contributed by atoms with Crippen LogP contribution in [-0.4, -0.2) is 30.4 Å². The summed E-state index contributed by atoms with van der Waals surface area (Å²) < 4.78 is 13.9. The highest BCUT2D eigenvalue weighted by Gasteiger charge is 2.12. The molecule has 1 N–H and O–H groups in total. The van der Waals surface area contributed by atoms with Crippen molar-refractivity contribution in [2.75, 3.05) is 13.7 Å². The summed E-state index contributed by atoms with van der Waals surface area (Å²) in [6, 6.07) is 25.5. The Labute approximate surface area is 224 Å². The standard InChI is InChI=1S/C29H24IN3O3/c1-4-16-36-28-25(30)17-21(18-27(28)35-3)19-31-32-29(34)23-11-13-24(14-12-23)33-20(2)10-15-26(33)22-8-6-5-7-9-22/h1,5-15,17-19H,16H2,2-3H3,(H,32,34)/b31-19+. The van der Waals surface area contributed by atoms with Crippen molar-refractivity contribution in [1.82, 2.24) is 9.99 Å². The Morgan fingerprint density at radius 3 is 2.56 bits per heavy atom. The molecule has 1 amide bonds. The Morgan fingerprint density at radius 1 is 1.11 bits per heavy atom. The van der Waals surface area contributed by atoms with Crippen molar-refractivity contribution in [3.05, 3.63) is 99.3 Å². The number of nitrogens with zero attached hydrogens (tertiary/aromatic N) is 2. The van der Waals surface area contributed by atoms with Gasteiger partial charge in [0.15, 0.2) is 11.5 Å². The van der Waals surface area contributed by atoms with Crippen LogP contribution in [0.15, 0.2) is 84.0 Å². The number of ether oxygens (including phenoxy) is 2. The Bertz CT molecular complexity index is 1440. The van der Waals surface area contributed by atoms with Crippen molar-refractivity contribution >= 4 is 34.7 Å². The maximum atomic E-state index is 12.7. The van der Waals surface area contributed by atoms with E-state index in [9.17, 15) is 4.79 Å². The monoisotopic (exact) mass is 589 g/mol. The molecule has 0 atom stereocenters. The Morgan fingerprint density at radius 2 is 1.86 bits per heavy atom. The molecule has 0 spiro atoms. The van der Waals surface area contributed by atoms with Gasteiger partial charge in [-0.2, -0.15) is 5.10 Å². The molecule has 0 aliphatic rings. The number of carbonyl (C=O) groups excluding carboxylic acids is 1. The predicted octanol–water partition coefficient (Wildman–Crippen LogP) is 5.84. The molecule has 36 heavy (non-hydrogen) atoms. The van der Waals surface area contributed by atoms with Crippen molar-refractivity contribution in [3.8, 4) is 40.8 Å². The number of rotatable bonds is 8. The number of aromatic nitrogens is 1. The zero-order chi connectivity index (χ0) is 25.5. The summed E-state index contributed by atoms with van der Waals surface area (Å²) in [7, 11) is 1.55. The average Bonchev–Trinajstić information content (AvgIpc) is 3.29. The summed E-state index contributed by atoms with van der Waals surface area (Å²) in [5.74, 6) is 3.25. The van der Waals surface area contributed by atoms with Crippen molar-refractivity contribution in [1.29, 1.82) is 0 Å². The van der Waals surface area contributed by atoms with Gasteiger partial charge >= 0.3 is 0 Å². The highest BCUT2D eigenvalue weighted by atomic mass is 127. The van der Waals surface area contributed by atoms with Crippen molar-refractivity contribution in [2.45, 2.75) is 6.92 Å². The van der Waals surface area contributed by atoms with Gasteiger partial charge in [-0.15, -0.1) is 6.42 Å². The fourth-order valence-corrected chi connectivity index (χ4v) is 4.56. The van der Waals surface area contributed by atoms with Crippen molar-refractivity contribution in [3.63, 3.8) is 0 Å². The maximum Gasteiger partial charge on any atom is 0.271 e. The average molecular weight is 589 g/mol. The molecule has 6 nitrogen and oxygen atoms in total. The minimum Gasteiger partial charge on any atom is -0.493 e. The predicted molar refractivity (Wildman–Crippen MR) is 151 cm³/mol. The van der Waals surface area contributed by atoms with Gasteiger partial charge < -0.3 is 14.0 Å². The summed E-state index contributed by atoms with van der Waals surface area (Å²) >= 11 is 2.14. The van der Waals surface area contributed by atoms with E-state index in [1.807, 2.05) is 36.4 Å². The van der Waals surface area contributed by atoms with Gasteiger partial charge in [-0.1, -0.05) is 36.3 Å². The second kappa shape index (κ2) is 11.6. The first-order valence-electron chi connectivity index (χ1n) is 11.1. The maximum absolute atomic E-state index is 12.7. The molecule has 1 aromatic heterocycles. The van der Waals surface area contributed by atoms with E-state index in [1.165, 1.54) is 0 Å². The molecular formula is C29H24IN3O3. The normalized spacial score (nSPS) is 10.7. The number of terminal acetylenes is 1. The lowest BCUT2D eigenvalue weighted by molar-refractivity contribution is 0.0955. The van der Waals surface area contributed by atoms with Crippen LogP contribution in [0.5, 0.6) is 11.5 Å². The van der Waals surface area contributed by atoms with E-state index in [0.717, 1.165) is 31.8 Å². The number of hydrogen-bond donors (Lipinski definition) is 1. The number of hydrogen-bond acceptors (Lipinski definition) is 4. The van der Waals surface area contributed by atoms with Gasteiger partial charge in [0, 0.05) is 16.9 Å². The van der Waals surface area contributed by atoms with Gasteiger partial charge in [-0.25, -0.2) is 5.43 Å². The minimum absolute atomic E-state index is 0.145. The molecule has 0 aliphatic carbocycles. The second-order valence-electron chi connectivity index (χ2n) is 7.83. The third kappa shape index (κ3) is 5.61. The van der Waals surface area contributed by atoms with Gasteiger partial charge in [-0.05, 0) is 89.2 Å². The molecule has 0 fully saturated rings. The zero-order valence-corrected chi connectivity index (χ0v) is 22.0. The van der Waals surface area contributed by atoms with Crippen molar-refractivity contribution < 1.29 is 14.3 Å². The first-order chi connectivity index (χ1) is 17.5. The molecule has 0 saturated carbocycles. The summed E-state index contributed by atoms with van der Waals surface area (Å²) in [6.45, 7) is 2.21. The van der Waals surface area contributed by atoms with Crippen LogP contribution >= 0.6 is 22.6 Å². The van der Waals surface area contributed by atoms with Gasteiger partial charge in [0.2, 0.25) is 0 Å². The topological polar surface area (TPSA) is 64.8 Å². The SMILES string of the molecule is C#CCOc1c(I)cc(/C=N/NC(=O)c2ccc(-n3c(C)ccc3-c3ccccc3)cc2)cc1OC. The largest absolute Gasteiger partial charge is 0.493 e. The summed E-state index contributed by atoms with van der Waals surface area (Å²) in [5, 5.41) is 4.10. The van der Waals surface area contributed by atoms with Gasteiger partial charge in [0.1, 0.15) is 6.61 Å². The molecule has 0 saturated heterocycles. The molecule has 7 heteroatoms. The van der Waals surface area contributed by atoms with E-state index in [1.54, 1.807) is 31.5 Å². The number of hydrazone groups is 1. The third-order valence-electron chi connectivity index (χ3n) is 5.46. The molecule has 3 aromatic carbocycles. The van der Waals surface area contributed by atoms with Gasteiger partial charge in [0.25, 0.3) is 5.91 Å². The van der Waals surface area contributed by atoms with E-state index in [-0.39, 0.29) is 12.5 Å². The Hall–Kier alpha value is -4.03. The van der Waals surface area contributed by atoms with E-state index < -0.39 is 0 Å². The summed E-state index contributed by atoms with van der Waals surface area (Å²) in [5.41, 5.74) is 8.14. The second-order valence-corrected chi connectivity index (χ2v) is 9.00. The Balaban J connectivity index is 1.47. The number of methoxy groups -OCH3 is 1. The summed E-state index contributed by atoms with van der Waals surface area (Å²) in [4.78, 5) is 12.7. The number of amides is 1. The molecule has 0 aliphatic heterocycles. The quantitative estimate of drug-likeness (QED) is 0.122.